The molecule has 0 aliphatic rings. The number of amides is 1. The van der Waals surface area contributed by atoms with Crippen molar-refractivity contribution >= 4 is 28.4 Å². The highest BCUT2D eigenvalue weighted by molar-refractivity contribution is 6.07. The van der Waals surface area contributed by atoms with Gasteiger partial charge in [0.25, 0.3) is 11.6 Å². The summed E-state index contributed by atoms with van der Waals surface area (Å²) in [5.41, 5.74) is 3.75. The van der Waals surface area contributed by atoms with Crippen molar-refractivity contribution < 1.29 is 14.1 Å². The first-order chi connectivity index (χ1) is 14.4. The van der Waals surface area contributed by atoms with Crippen molar-refractivity contribution in [1.29, 1.82) is 0 Å². The zero-order valence-corrected chi connectivity index (χ0v) is 16.5. The molecule has 0 atom stereocenters. The molecule has 0 bridgehead atoms. The molecule has 7 nitrogen and oxygen atoms in total. The van der Waals surface area contributed by atoms with Crippen LogP contribution < -0.4 is 5.32 Å². The monoisotopic (exact) mass is 401 g/mol. The summed E-state index contributed by atoms with van der Waals surface area (Å²) in [6.07, 6.45) is 0. The van der Waals surface area contributed by atoms with Crippen LogP contribution in [0.25, 0.3) is 22.6 Å². The van der Waals surface area contributed by atoms with Crippen LogP contribution in [0.15, 0.2) is 71.1 Å². The molecule has 4 rings (SSSR count). The number of oxazole rings is 1. The van der Waals surface area contributed by atoms with Crippen LogP contribution >= 0.6 is 0 Å². The molecule has 3 aromatic carbocycles. The molecule has 1 aromatic heterocycles. The van der Waals surface area contributed by atoms with E-state index in [0.29, 0.717) is 23.1 Å². The van der Waals surface area contributed by atoms with Crippen LogP contribution in [0.4, 0.5) is 11.4 Å². The van der Waals surface area contributed by atoms with Crippen LogP contribution in [0.3, 0.4) is 0 Å². The molecule has 0 radical (unpaired) electrons. The van der Waals surface area contributed by atoms with E-state index in [1.54, 1.807) is 30.3 Å². The molecule has 150 valence electrons. The van der Waals surface area contributed by atoms with Crippen molar-refractivity contribution in [1.82, 2.24) is 4.98 Å². The largest absolute Gasteiger partial charge is 0.436 e. The van der Waals surface area contributed by atoms with Gasteiger partial charge in [-0.25, -0.2) is 4.98 Å². The third-order valence-electron chi connectivity index (χ3n) is 4.81. The molecular weight excluding hydrogens is 382 g/mol. The van der Waals surface area contributed by atoms with Gasteiger partial charge in [-0.1, -0.05) is 32.0 Å². The number of rotatable bonds is 5. The second-order valence-corrected chi connectivity index (χ2v) is 7.21. The summed E-state index contributed by atoms with van der Waals surface area (Å²) < 4.78 is 5.85. The summed E-state index contributed by atoms with van der Waals surface area (Å²) in [4.78, 5) is 27.6. The van der Waals surface area contributed by atoms with Crippen LogP contribution in [0.5, 0.6) is 0 Å². The fraction of sp³-hybridized carbons (Fsp3) is 0.130. The first kappa shape index (κ1) is 19.3. The Balaban J connectivity index is 1.55. The number of nitro groups is 1. The average molecular weight is 401 g/mol. The number of nitrogens with one attached hydrogen (secondary N) is 1. The Morgan fingerprint density at radius 2 is 1.80 bits per heavy atom. The molecule has 0 unspecified atom stereocenters. The van der Waals surface area contributed by atoms with Crippen molar-refractivity contribution in [2.75, 3.05) is 5.32 Å². The number of benzene rings is 3. The van der Waals surface area contributed by atoms with Gasteiger partial charge >= 0.3 is 0 Å². The lowest BCUT2D eigenvalue weighted by molar-refractivity contribution is -0.385. The second-order valence-electron chi connectivity index (χ2n) is 7.21. The lowest BCUT2D eigenvalue weighted by Crippen LogP contribution is -2.13. The van der Waals surface area contributed by atoms with Gasteiger partial charge in [0.05, 0.1) is 4.92 Å². The minimum absolute atomic E-state index is 0.00600. The van der Waals surface area contributed by atoms with E-state index < -0.39 is 10.8 Å². The highest BCUT2D eigenvalue weighted by Crippen LogP contribution is 2.28. The molecule has 7 heteroatoms. The van der Waals surface area contributed by atoms with E-state index in [-0.39, 0.29) is 11.3 Å². The van der Waals surface area contributed by atoms with Gasteiger partial charge in [-0.05, 0) is 53.9 Å². The molecule has 0 aliphatic carbocycles. The minimum atomic E-state index is -0.573. The first-order valence-corrected chi connectivity index (χ1v) is 9.48. The van der Waals surface area contributed by atoms with Gasteiger partial charge in [0.1, 0.15) is 11.1 Å². The smallest absolute Gasteiger partial charge is 0.282 e. The number of hydrogen-bond acceptors (Lipinski definition) is 5. The van der Waals surface area contributed by atoms with E-state index in [0.717, 1.165) is 11.1 Å². The standard InChI is InChI=1S/C23H19N3O4/c1-14(2)16-9-12-21-19(13-16)25-23(30-21)15-7-10-17(11-8-15)24-22(27)18-5-3-4-6-20(18)26(28)29/h3-14H,1-2H3,(H,24,27). The molecule has 1 heterocycles. The van der Waals surface area contributed by atoms with E-state index >= 15 is 0 Å². The molecule has 0 spiro atoms. The molecule has 0 saturated carbocycles. The summed E-state index contributed by atoms with van der Waals surface area (Å²) in [7, 11) is 0. The zero-order valence-electron chi connectivity index (χ0n) is 16.5. The number of nitrogens with zero attached hydrogens (tertiary/aromatic N) is 2. The Hall–Kier alpha value is -4.00. The maximum Gasteiger partial charge on any atom is 0.282 e. The Bertz CT molecular complexity index is 1240. The van der Waals surface area contributed by atoms with Crippen LogP contribution in [0.2, 0.25) is 0 Å². The topological polar surface area (TPSA) is 98.3 Å². The number of carbonyl (C=O) groups excluding carboxylic acids is 1. The number of hydrogen-bond donors (Lipinski definition) is 1. The Labute approximate surface area is 172 Å². The SMILES string of the molecule is CC(C)c1ccc2oc(-c3ccc(NC(=O)c4ccccc4[N+](=O)[O-])cc3)nc2c1. The number of nitro benzene ring substituents is 1. The first-order valence-electron chi connectivity index (χ1n) is 9.48. The highest BCUT2D eigenvalue weighted by atomic mass is 16.6. The second kappa shape index (κ2) is 7.79. The third-order valence-corrected chi connectivity index (χ3v) is 4.81. The predicted octanol–water partition coefficient (Wildman–Crippen LogP) is 5.78. The maximum atomic E-state index is 12.5. The summed E-state index contributed by atoms with van der Waals surface area (Å²) >= 11 is 0. The Morgan fingerprint density at radius 1 is 1.07 bits per heavy atom. The minimum Gasteiger partial charge on any atom is -0.436 e. The lowest BCUT2D eigenvalue weighted by Gasteiger charge is -2.06. The van der Waals surface area contributed by atoms with Gasteiger partial charge in [0.2, 0.25) is 5.89 Å². The van der Waals surface area contributed by atoms with E-state index in [1.807, 2.05) is 18.2 Å². The zero-order chi connectivity index (χ0) is 21.3. The van der Waals surface area contributed by atoms with Gasteiger partial charge in [-0.2, -0.15) is 0 Å². The van der Waals surface area contributed by atoms with Crippen LogP contribution in [-0.4, -0.2) is 15.8 Å². The molecule has 0 aliphatic heterocycles. The van der Waals surface area contributed by atoms with E-state index in [1.165, 1.54) is 23.8 Å². The molecule has 1 N–H and O–H groups in total. The summed E-state index contributed by atoms with van der Waals surface area (Å²) in [5.74, 6) is 0.346. The Morgan fingerprint density at radius 3 is 2.50 bits per heavy atom. The van der Waals surface area contributed by atoms with Crippen LogP contribution in [0.1, 0.15) is 35.7 Å². The van der Waals surface area contributed by atoms with Crippen LogP contribution in [-0.2, 0) is 0 Å². The molecular formula is C23H19N3O4. The van der Waals surface area contributed by atoms with Crippen molar-refractivity contribution in [2.24, 2.45) is 0 Å². The number of anilines is 1. The summed E-state index contributed by atoms with van der Waals surface area (Å²) in [6, 6.07) is 18.8. The molecule has 0 fully saturated rings. The van der Waals surface area contributed by atoms with E-state index in [4.69, 9.17) is 4.42 Å². The van der Waals surface area contributed by atoms with Gasteiger partial charge in [0.15, 0.2) is 5.58 Å². The van der Waals surface area contributed by atoms with E-state index in [9.17, 15) is 14.9 Å². The fourth-order valence-electron chi connectivity index (χ4n) is 3.15. The number of para-hydroxylation sites is 1. The van der Waals surface area contributed by atoms with Crippen molar-refractivity contribution in [2.45, 2.75) is 19.8 Å². The summed E-state index contributed by atoms with van der Waals surface area (Å²) in [6.45, 7) is 4.25. The van der Waals surface area contributed by atoms with Gasteiger partial charge in [0, 0.05) is 17.3 Å². The molecule has 4 aromatic rings. The lowest BCUT2D eigenvalue weighted by atomic mass is 10.0. The van der Waals surface area contributed by atoms with Crippen molar-refractivity contribution in [3.63, 3.8) is 0 Å². The fourth-order valence-corrected chi connectivity index (χ4v) is 3.15. The van der Waals surface area contributed by atoms with Crippen LogP contribution in [0, 0.1) is 10.1 Å². The third kappa shape index (κ3) is 3.77. The predicted molar refractivity (Wildman–Crippen MR) is 115 cm³/mol. The normalized spacial score (nSPS) is 11.0. The van der Waals surface area contributed by atoms with Crippen molar-refractivity contribution in [3.8, 4) is 11.5 Å². The van der Waals surface area contributed by atoms with Gasteiger partial charge in [-0.3, -0.25) is 14.9 Å². The average Bonchev–Trinajstić information content (AvgIpc) is 3.17. The number of carbonyl (C=O) groups is 1. The number of fused-ring (bicyclic) bond motifs is 1. The maximum absolute atomic E-state index is 12.5. The Kier molecular flexibility index (Phi) is 5.02. The molecule has 1 amide bonds. The molecule has 0 saturated heterocycles. The van der Waals surface area contributed by atoms with Crippen molar-refractivity contribution in [3.05, 3.63) is 88.0 Å². The quantitative estimate of drug-likeness (QED) is 0.338. The van der Waals surface area contributed by atoms with Gasteiger partial charge in [-0.15, -0.1) is 0 Å². The summed E-state index contributed by atoms with van der Waals surface area (Å²) in [5, 5.41) is 13.8. The van der Waals surface area contributed by atoms with E-state index in [2.05, 4.69) is 24.1 Å². The highest BCUT2D eigenvalue weighted by Gasteiger charge is 2.19. The van der Waals surface area contributed by atoms with Gasteiger partial charge < -0.3 is 9.73 Å². The number of aromatic nitrogens is 1. The molecule has 30 heavy (non-hydrogen) atoms.